The van der Waals surface area contributed by atoms with E-state index in [0.29, 0.717) is 0 Å². The Hall–Kier alpha value is -1.08. The minimum Gasteiger partial charge on any atom is -0.326 e. The highest BCUT2D eigenvalue weighted by Crippen LogP contribution is 2.33. The molecule has 0 saturated carbocycles. The van der Waals surface area contributed by atoms with Crippen LogP contribution in [0.1, 0.15) is 24.8 Å². The molecule has 0 aliphatic carbocycles. The van der Waals surface area contributed by atoms with Gasteiger partial charge in [-0.25, -0.2) is 0 Å². The Morgan fingerprint density at radius 2 is 2.15 bits per heavy atom. The second kappa shape index (κ2) is 6.13. The highest BCUT2D eigenvalue weighted by Gasteiger charge is 2.31. The first-order chi connectivity index (χ1) is 9.34. The molecule has 1 aromatic carbocycles. The Morgan fingerprint density at radius 3 is 2.75 bits per heavy atom. The Labute approximate surface area is 123 Å². The number of benzene rings is 1. The van der Waals surface area contributed by atoms with Crippen LogP contribution >= 0.6 is 15.9 Å². The number of carbonyl (C=O) groups excluding carboxylic acids is 1. The van der Waals surface area contributed by atoms with Crippen LogP contribution in [0, 0.1) is 0 Å². The number of hydrogen-bond acceptors (Lipinski definition) is 2. The molecule has 0 bridgehead atoms. The fourth-order valence-corrected chi connectivity index (χ4v) is 2.69. The summed E-state index contributed by atoms with van der Waals surface area (Å²) in [5.74, 6) is -0.282. The smallest absolute Gasteiger partial charge is 0.326 e. The van der Waals surface area contributed by atoms with Crippen molar-refractivity contribution >= 4 is 27.5 Å². The van der Waals surface area contributed by atoms with Crippen LogP contribution in [0.3, 0.4) is 0 Å². The van der Waals surface area contributed by atoms with Gasteiger partial charge in [-0.05, 0) is 37.6 Å². The first-order valence-corrected chi connectivity index (χ1v) is 7.05. The predicted molar refractivity (Wildman–Crippen MR) is 73.4 cm³/mol. The number of nitrogens with one attached hydrogen (secondary N) is 2. The van der Waals surface area contributed by atoms with Crippen molar-refractivity contribution in [3.05, 3.63) is 28.2 Å². The molecule has 1 saturated heterocycles. The van der Waals surface area contributed by atoms with Crippen LogP contribution in [0.15, 0.2) is 22.7 Å². The van der Waals surface area contributed by atoms with Gasteiger partial charge in [-0.2, -0.15) is 13.2 Å². The molecule has 0 aromatic heterocycles. The van der Waals surface area contributed by atoms with Gasteiger partial charge in [0.2, 0.25) is 5.91 Å². The number of rotatable bonds is 3. The van der Waals surface area contributed by atoms with Gasteiger partial charge in [0, 0.05) is 22.6 Å². The number of amides is 1. The molecule has 1 aromatic rings. The zero-order valence-electron chi connectivity index (χ0n) is 10.6. The number of halogens is 4. The van der Waals surface area contributed by atoms with E-state index in [-0.39, 0.29) is 28.5 Å². The topological polar surface area (TPSA) is 41.1 Å². The average Bonchev–Trinajstić information content (AvgIpc) is 2.79. The van der Waals surface area contributed by atoms with Crippen molar-refractivity contribution in [2.24, 2.45) is 0 Å². The van der Waals surface area contributed by atoms with Crippen molar-refractivity contribution in [2.75, 3.05) is 11.9 Å². The molecule has 110 valence electrons. The van der Waals surface area contributed by atoms with Gasteiger partial charge >= 0.3 is 6.18 Å². The Morgan fingerprint density at radius 1 is 1.40 bits per heavy atom. The minimum atomic E-state index is -4.43. The van der Waals surface area contributed by atoms with E-state index in [9.17, 15) is 18.0 Å². The number of anilines is 1. The van der Waals surface area contributed by atoms with Crippen molar-refractivity contribution < 1.29 is 18.0 Å². The van der Waals surface area contributed by atoms with Crippen LogP contribution in [0.4, 0.5) is 18.9 Å². The van der Waals surface area contributed by atoms with E-state index in [0.717, 1.165) is 31.5 Å². The summed E-state index contributed by atoms with van der Waals surface area (Å²) in [5, 5.41) is 5.68. The van der Waals surface area contributed by atoms with Gasteiger partial charge in [-0.15, -0.1) is 0 Å². The molecule has 1 heterocycles. The lowest BCUT2D eigenvalue weighted by Gasteiger charge is -2.13. The van der Waals surface area contributed by atoms with E-state index in [1.807, 2.05) is 0 Å². The summed E-state index contributed by atoms with van der Waals surface area (Å²) in [7, 11) is 0. The molecular formula is C13H14BrF3N2O. The van der Waals surface area contributed by atoms with Crippen LogP contribution < -0.4 is 10.6 Å². The average molecular weight is 351 g/mol. The lowest BCUT2D eigenvalue weighted by Crippen LogP contribution is -2.27. The predicted octanol–water partition coefficient (Wildman–Crippen LogP) is 3.55. The van der Waals surface area contributed by atoms with Crippen LogP contribution in [0.2, 0.25) is 0 Å². The molecule has 1 aliphatic heterocycles. The van der Waals surface area contributed by atoms with Gasteiger partial charge in [0.25, 0.3) is 0 Å². The maximum absolute atomic E-state index is 12.7. The first-order valence-electron chi connectivity index (χ1n) is 6.25. The third kappa shape index (κ3) is 4.21. The van der Waals surface area contributed by atoms with Crippen molar-refractivity contribution in [1.82, 2.24) is 5.32 Å². The molecular weight excluding hydrogens is 337 g/mol. The molecule has 1 aliphatic rings. The standard InChI is InChI=1S/C13H14BrF3N2O/c14-9-4-8(13(15,16)17)5-11(6-9)19-12(20)7-10-2-1-3-18-10/h4-6,10,18H,1-3,7H2,(H,19,20). The lowest BCUT2D eigenvalue weighted by molar-refractivity contribution is -0.137. The summed E-state index contributed by atoms with van der Waals surface area (Å²) in [6, 6.07) is 3.48. The van der Waals surface area contributed by atoms with Crippen LogP contribution in [-0.2, 0) is 11.0 Å². The second-order valence-electron chi connectivity index (χ2n) is 4.77. The van der Waals surface area contributed by atoms with Crippen LogP contribution in [0.25, 0.3) is 0 Å². The maximum atomic E-state index is 12.7. The Kier molecular flexibility index (Phi) is 4.70. The highest BCUT2D eigenvalue weighted by atomic mass is 79.9. The minimum absolute atomic E-state index is 0.115. The van der Waals surface area contributed by atoms with Crippen LogP contribution in [-0.4, -0.2) is 18.5 Å². The number of hydrogen-bond donors (Lipinski definition) is 2. The largest absolute Gasteiger partial charge is 0.416 e. The highest BCUT2D eigenvalue weighted by molar-refractivity contribution is 9.10. The van der Waals surface area contributed by atoms with Crippen molar-refractivity contribution in [3.8, 4) is 0 Å². The van der Waals surface area contributed by atoms with Gasteiger partial charge in [0.1, 0.15) is 0 Å². The van der Waals surface area contributed by atoms with Crippen molar-refractivity contribution in [3.63, 3.8) is 0 Å². The normalized spacial score (nSPS) is 19.1. The zero-order valence-corrected chi connectivity index (χ0v) is 12.1. The molecule has 1 atom stereocenters. The van der Waals surface area contributed by atoms with E-state index < -0.39 is 11.7 Å². The molecule has 20 heavy (non-hydrogen) atoms. The summed E-state index contributed by atoms with van der Waals surface area (Å²) < 4.78 is 38.3. The molecule has 1 amide bonds. The van der Waals surface area contributed by atoms with Crippen LogP contribution in [0.5, 0.6) is 0 Å². The SMILES string of the molecule is O=C(CC1CCCN1)Nc1cc(Br)cc(C(F)(F)F)c1. The number of carbonyl (C=O) groups is 1. The lowest BCUT2D eigenvalue weighted by atomic mass is 10.1. The third-order valence-electron chi connectivity index (χ3n) is 3.10. The van der Waals surface area contributed by atoms with Gasteiger partial charge in [-0.1, -0.05) is 15.9 Å². The van der Waals surface area contributed by atoms with E-state index in [4.69, 9.17) is 0 Å². The van der Waals surface area contributed by atoms with Gasteiger partial charge < -0.3 is 10.6 Å². The van der Waals surface area contributed by atoms with Crippen molar-refractivity contribution in [1.29, 1.82) is 0 Å². The quantitative estimate of drug-likeness (QED) is 0.875. The Balaban J connectivity index is 2.04. The third-order valence-corrected chi connectivity index (χ3v) is 3.56. The maximum Gasteiger partial charge on any atom is 0.416 e. The van der Waals surface area contributed by atoms with Crippen molar-refractivity contribution in [2.45, 2.75) is 31.5 Å². The summed E-state index contributed by atoms with van der Waals surface area (Å²) >= 11 is 3.02. The molecule has 2 N–H and O–H groups in total. The van der Waals surface area contributed by atoms with E-state index in [2.05, 4.69) is 26.6 Å². The molecule has 3 nitrogen and oxygen atoms in total. The van der Waals surface area contributed by atoms with E-state index >= 15 is 0 Å². The first kappa shape index (κ1) is 15.3. The molecule has 2 rings (SSSR count). The summed E-state index contributed by atoms with van der Waals surface area (Å²) in [6.45, 7) is 0.882. The summed E-state index contributed by atoms with van der Waals surface area (Å²) in [4.78, 5) is 11.8. The van der Waals surface area contributed by atoms with E-state index in [1.54, 1.807) is 0 Å². The number of alkyl halides is 3. The molecule has 0 radical (unpaired) electrons. The molecule has 7 heteroatoms. The second-order valence-corrected chi connectivity index (χ2v) is 5.69. The zero-order chi connectivity index (χ0) is 14.8. The van der Waals surface area contributed by atoms with Gasteiger partial charge in [0.05, 0.1) is 5.56 Å². The monoisotopic (exact) mass is 350 g/mol. The van der Waals surface area contributed by atoms with Gasteiger partial charge in [0.15, 0.2) is 0 Å². The van der Waals surface area contributed by atoms with E-state index in [1.165, 1.54) is 6.07 Å². The molecule has 0 spiro atoms. The fraction of sp³-hybridized carbons (Fsp3) is 0.462. The fourth-order valence-electron chi connectivity index (χ4n) is 2.19. The Bertz CT molecular complexity index is 499. The summed E-state index contributed by atoms with van der Waals surface area (Å²) in [6.07, 6.45) is -2.23. The molecule has 1 fully saturated rings. The summed E-state index contributed by atoms with van der Waals surface area (Å²) in [5.41, 5.74) is -0.643. The molecule has 1 unspecified atom stereocenters. The van der Waals surface area contributed by atoms with Gasteiger partial charge in [-0.3, -0.25) is 4.79 Å².